The zero-order valence-corrected chi connectivity index (χ0v) is 28.8. The van der Waals surface area contributed by atoms with Crippen LogP contribution >= 0.6 is 0 Å². The van der Waals surface area contributed by atoms with Gasteiger partial charge < -0.3 is 8.83 Å². The normalized spacial score (nSPS) is 11.7. The average Bonchev–Trinajstić information content (AvgIpc) is 3.82. The smallest absolute Gasteiger partial charge is 0.228 e. The van der Waals surface area contributed by atoms with Crippen molar-refractivity contribution in [2.75, 3.05) is 0 Å². The van der Waals surface area contributed by atoms with Gasteiger partial charge in [0.05, 0.1) is 16.6 Å². The van der Waals surface area contributed by atoms with E-state index in [0.29, 0.717) is 23.2 Å². The van der Waals surface area contributed by atoms with Gasteiger partial charge in [-0.2, -0.15) is 0 Å². The van der Waals surface area contributed by atoms with Crippen LogP contribution in [0.1, 0.15) is 0 Å². The minimum Gasteiger partial charge on any atom is -0.455 e. The van der Waals surface area contributed by atoms with Crippen molar-refractivity contribution in [1.29, 1.82) is 0 Å². The van der Waals surface area contributed by atoms with Crippen LogP contribution in [0.2, 0.25) is 0 Å². The fourth-order valence-electron chi connectivity index (χ4n) is 7.61. The molecular formula is C48H28N4O2. The molecule has 0 aliphatic rings. The molecule has 0 saturated carbocycles. The van der Waals surface area contributed by atoms with Crippen LogP contribution in [0.3, 0.4) is 0 Å². The molecule has 6 heteroatoms. The highest BCUT2D eigenvalue weighted by atomic mass is 16.3. The Hall–Kier alpha value is -7.44. The molecule has 0 aliphatic heterocycles. The zero-order valence-electron chi connectivity index (χ0n) is 28.8. The predicted octanol–water partition coefficient (Wildman–Crippen LogP) is 12.6. The maximum Gasteiger partial charge on any atom is 0.228 e. The van der Waals surface area contributed by atoms with Gasteiger partial charge in [0, 0.05) is 38.2 Å². The summed E-state index contributed by atoms with van der Waals surface area (Å²) >= 11 is 0. The third-order valence-electron chi connectivity index (χ3n) is 10.1. The van der Waals surface area contributed by atoms with E-state index >= 15 is 0 Å². The predicted molar refractivity (Wildman–Crippen MR) is 217 cm³/mol. The van der Waals surface area contributed by atoms with Gasteiger partial charge in [-0.15, -0.1) is 0 Å². The van der Waals surface area contributed by atoms with Crippen molar-refractivity contribution >= 4 is 54.8 Å². The fraction of sp³-hybridized carbons (Fsp3) is 0. The van der Waals surface area contributed by atoms with Crippen molar-refractivity contribution < 1.29 is 8.83 Å². The van der Waals surface area contributed by atoms with Crippen molar-refractivity contribution in [3.63, 3.8) is 0 Å². The summed E-state index contributed by atoms with van der Waals surface area (Å²) in [5.41, 5.74) is 9.61. The highest BCUT2D eigenvalue weighted by molar-refractivity contribution is 6.20. The van der Waals surface area contributed by atoms with E-state index < -0.39 is 0 Å². The number of nitrogens with zero attached hydrogens (tertiary/aromatic N) is 4. The molecular weight excluding hydrogens is 665 g/mol. The molecule has 11 rings (SSSR count). The van der Waals surface area contributed by atoms with Crippen LogP contribution in [0.4, 0.5) is 0 Å². The van der Waals surface area contributed by atoms with Crippen LogP contribution in [-0.2, 0) is 0 Å². The topological polar surface area (TPSA) is 77.8 Å². The van der Waals surface area contributed by atoms with Gasteiger partial charge in [0.15, 0.2) is 17.5 Å². The molecule has 0 unspecified atom stereocenters. The molecule has 11 aromatic rings. The van der Waals surface area contributed by atoms with Crippen LogP contribution < -0.4 is 0 Å². The molecule has 0 spiro atoms. The summed E-state index contributed by atoms with van der Waals surface area (Å²) in [6, 6.07) is 57.7. The van der Waals surface area contributed by atoms with Gasteiger partial charge >= 0.3 is 0 Å². The first-order valence-corrected chi connectivity index (χ1v) is 17.9. The molecule has 0 saturated heterocycles. The molecule has 4 heterocycles. The summed E-state index contributed by atoms with van der Waals surface area (Å²) in [4.78, 5) is 20.3. The van der Waals surface area contributed by atoms with Gasteiger partial charge in [0.2, 0.25) is 5.71 Å². The maximum absolute atomic E-state index is 6.41. The summed E-state index contributed by atoms with van der Waals surface area (Å²) in [7, 11) is 0. The quantitative estimate of drug-likeness (QED) is 0.179. The second-order valence-electron chi connectivity index (χ2n) is 13.4. The maximum atomic E-state index is 6.41. The molecule has 0 fully saturated rings. The SMILES string of the molecule is c1ccc(-c2nc(-c3cccc(-c4cccc(-c5nc6oc7ccccc7c6c6ccccc56)c4)c3)nc(-c3cccc4c3oc3ccccc34)n2)cc1. The number of hydrogen-bond acceptors (Lipinski definition) is 6. The lowest BCUT2D eigenvalue weighted by Crippen LogP contribution is -2.00. The van der Waals surface area contributed by atoms with Gasteiger partial charge in [-0.25, -0.2) is 19.9 Å². The minimum atomic E-state index is 0.551. The Balaban J connectivity index is 1.05. The Morgan fingerprint density at radius 1 is 0.333 bits per heavy atom. The highest BCUT2D eigenvalue weighted by Crippen LogP contribution is 2.39. The number of rotatable bonds is 5. The Morgan fingerprint density at radius 3 is 1.67 bits per heavy atom. The molecule has 0 amide bonds. The van der Waals surface area contributed by atoms with E-state index in [2.05, 4.69) is 84.9 Å². The number of hydrogen-bond donors (Lipinski definition) is 0. The number of furan rings is 2. The van der Waals surface area contributed by atoms with Crippen molar-refractivity contribution in [2.24, 2.45) is 0 Å². The summed E-state index contributed by atoms with van der Waals surface area (Å²) in [6.07, 6.45) is 0. The monoisotopic (exact) mass is 692 g/mol. The number of fused-ring (bicyclic) bond motifs is 8. The lowest BCUT2D eigenvalue weighted by atomic mass is 9.97. The molecule has 0 aliphatic carbocycles. The first kappa shape index (κ1) is 30.2. The van der Waals surface area contributed by atoms with E-state index in [0.717, 1.165) is 88.1 Å². The number of pyridine rings is 1. The molecule has 0 radical (unpaired) electrons. The summed E-state index contributed by atoms with van der Waals surface area (Å²) in [5, 5.41) is 6.38. The summed E-state index contributed by atoms with van der Waals surface area (Å²) < 4.78 is 12.7. The van der Waals surface area contributed by atoms with E-state index in [1.54, 1.807) is 0 Å². The Labute approximate surface area is 309 Å². The average molecular weight is 693 g/mol. The molecule has 0 atom stereocenters. The molecule has 7 aromatic carbocycles. The van der Waals surface area contributed by atoms with Crippen LogP contribution in [0.5, 0.6) is 0 Å². The Bertz CT molecular complexity index is 3240. The van der Waals surface area contributed by atoms with E-state index in [4.69, 9.17) is 28.8 Å². The number of para-hydroxylation sites is 3. The van der Waals surface area contributed by atoms with Crippen LogP contribution in [0.15, 0.2) is 179 Å². The Kier molecular flexibility index (Phi) is 6.75. The van der Waals surface area contributed by atoms with E-state index in [-0.39, 0.29) is 0 Å². The second kappa shape index (κ2) is 12.1. The summed E-state index contributed by atoms with van der Waals surface area (Å²) in [5.74, 6) is 1.72. The molecule has 0 bridgehead atoms. The molecule has 0 N–H and O–H groups in total. The van der Waals surface area contributed by atoms with Crippen molar-refractivity contribution in [1.82, 2.24) is 19.9 Å². The highest BCUT2D eigenvalue weighted by Gasteiger charge is 2.19. The molecule has 54 heavy (non-hydrogen) atoms. The fourth-order valence-corrected chi connectivity index (χ4v) is 7.61. The first-order valence-electron chi connectivity index (χ1n) is 17.9. The van der Waals surface area contributed by atoms with E-state index in [1.165, 1.54) is 0 Å². The van der Waals surface area contributed by atoms with E-state index in [1.807, 2.05) is 84.9 Å². The third-order valence-corrected chi connectivity index (χ3v) is 10.1. The minimum absolute atomic E-state index is 0.551. The molecule has 4 aromatic heterocycles. The van der Waals surface area contributed by atoms with Crippen LogP contribution in [0.25, 0.3) is 111 Å². The van der Waals surface area contributed by atoms with Crippen LogP contribution in [0, 0.1) is 0 Å². The van der Waals surface area contributed by atoms with E-state index in [9.17, 15) is 0 Å². The molecule has 6 nitrogen and oxygen atoms in total. The summed E-state index contributed by atoms with van der Waals surface area (Å²) in [6.45, 7) is 0. The molecule has 252 valence electrons. The lowest BCUT2D eigenvalue weighted by molar-refractivity contribution is 0.655. The van der Waals surface area contributed by atoms with Gasteiger partial charge in [-0.3, -0.25) is 0 Å². The van der Waals surface area contributed by atoms with Gasteiger partial charge in [0.25, 0.3) is 0 Å². The number of benzene rings is 7. The van der Waals surface area contributed by atoms with Gasteiger partial charge in [0.1, 0.15) is 16.7 Å². The largest absolute Gasteiger partial charge is 0.455 e. The van der Waals surface area contributed by atoms with Crippen molar-refractivity contribution in [2.45, 2.75) is 0 Å². The van der Waals surface area contributed by atoms with Crippen LogP contribution in [-0.4, -0.2) is 19.9 Å². The van der Waals surface area contributed by atoms with Crippen molar-refractivity contribution in [3.05, 3.63) is 170 Å². The van der Waals surface area contributed by atoms with Gasteiger partial charge in [-0.1, -0.05) is 140 Å². The lowest BCUT2D eigenvalue weighted by Gasteiger charge is -2.11. The third kappa shape index (κ3) is 4.89. The standard InChI is InChI=1S/C48H28N4O2/c1-2-13-29(14-3-1)45-50-46(52-47(51-45)39-24-12-23-37-34-19-6-8-25-40(34)53-44(37)39)33-18-11-16-31(28-33)30-15-10-17-32(27-30)43-36-21-5-4-20-35(36)42-38-22-7-9-26-41(38)54-48(42)49-43/h1-28H. The van der Waals surface area contributed by atoms with Gasteiger partial charge in [-0.05, 0) is 46.8 Å². The second-order valence-corrected chi connectivity index (χ2v) is 13.4. The first-order chi connectivity index (χ1) is 26.7. The zero-order chi connectivity index (χ0) is 35.6. The number of aromatic nitrogens is 4. The Morgan fingerprint density at radius 2 is 0.870 bits per heavy atom. The van der Waals surface area contributed by atoms with Crippen molar-refractivity contribution in [3.8, 4) is 56.5 Å².